The van der Waals surface area contributed by atoms with E-state index in [0.29, 0.717) is 18.0 Å². The molecule has 1 heterocycles. The topological polar surface area (TPSA) is 37.4 Å². The van der Waals surface area contributed by atoms with Crippen molar-refractivity contribution >= 4 is 20.8 Å². The zero-order valence-electron chi connectivity index (χ0n) is 12.0. The van der Waals surface area contributed by atoms with Crippen LogP contribution in [0, 0.1) is 0 Å². The second-order valence-corrected chi connectivity index (χ2v) is 7.93. The van der Waals surface area contributed by atoms with Crippen molar-refractivity contribution in [2.45, 2.75) is 37.0 Å². The van der Waals surface area contributed by atoms with Gasteiger partial charge in [-0.25, -0.2) is 8.42 Å². The van der Waals surface area contributed by atoms with Crippen molar-refractivity contribution in [3.05, 3.63) is 41.5 Å². The predicted octanol–water partition coefficient (Wildman–Crippen LogP) is 3.11. The molecule has 4 rings (SSSR count). The molecular weight excluding hydrogens is 282 g/mol. The fourth-order valence-electron chi connectivity index (χ4n) is 3.72. The SMILES string of the molecule is O=S(=O)(c1ccc2cccc3c2c1CC3)N1CCCCC1. The number of hydrogen-bond donors (Lipinski definition) is 0. The third-order valence-corrected chi connectivity index (χ3v) is 6.76. The van der Waals surface area contributed by atoms with Gasteiger partial charge in [-0.05, 0) is 53.6 Å². The van der Waals surface area contributed by atoms with E-state index < -0.39 is 10.0 Å². The predicted molar refractivity (Wildman–Crippen MR) is 84.0 cm³/mol. The third-order valence-electron chi connectivity index (χ3n) is 4.77. The van der Waals surface area contributed by atoms with Crippen molar-refractivity contribution in [1.29, 1.82) is 0 Å². The summed E-state index contributed by atoms with van der Waals surface area (Å²) in [6.45, 7) is 1.34. The number of benzene rings is 2. The van der Waals surface area contributed by atoms with Gasteiger partial charge < -0.3 is 0 Å². The van der Waals surface area contributed by atoms with Gasteiger partial charge in [0, 0.05) is 13.1 Å². The Morgan fingerprint density at radius 2 is 1.71 bits per heavy atom. The monoisotopic (exact) mass is 301 g/mol. The molecule has 0 N–H and O–H groups in total. The fraction of sp³-hybridized carbons (Fsp3) is 0.412. The summed E-state index contributed by atoms with van der Waals surface area (Å²) in [6, 6.07) is 10.0. The maximum absolute atomic E-state index is 13.0. The lowest BCUT2D eigenvalue weighted by molar-refractivity contribution is 0.346. The number of nitrogens with zero attached hydrogens (tertiary/aromatic N) is 1. The van der Waals surface area contributed by atoms with Gasteiger partial charge in [-0.2, -0.15) is 4.31 Å². The third kappa shape index (κ3) is 2.00. The van der Waals surface area contributed by atoms with E-state index in [0.717, 1.165) is 43.1 Å². The van der Waals surface area contributed by atoms with E-state index in [1.54, 1.807) is 4.31 Å². The summed E-state index contributed by atoms with van der Waals surface area (Å²) in [5, 5.41) is 2.34. The number of piperidine rings is 1. The molecule has 1 saturated heterocycles. The van der Waals surface area contributed by atoms with Gasteiger partial charge >= 0.3 is 0 Å². The molecule has 2 aliphatic rings. The lowest BCUT2D eigenvalue weighted by Gasteiger charge is -2.26. The van der Waals surface area contributed by atoms with Gasteiger partial charge in [-0.1, -0.05) is 30.7 Å². The van der Waals surface area contributed by atoms with Gasteiger partial charge in [-0.15, -0.1) is 0 Å². The van der Waals surface area contributed by atoms with Gasteiger partial charge in [0.15, 0.2) is 0 Å². The summed E-state index contributed by atoms with van der Waals surface area (Å²) in [6.07, 6.45) is 4.90. The van der Waals surface area contributed by atoms with Crippen LogP contribution >= 0.6 is 0 Å². The van der Waals surface area contributed by atoms with Crippen LogP contribution in [-0.4, -0.2) is 25.8 Å². The van der Waals surface area contributed by atoms with Crippen molar-refractivity contribution in [3.8, 4) is 0 Å². The van der Waals surface area contributed by atoms with E-state index in [1.807, 2.05) is 12.1 Å². The van der Waals surface area contributed by atoms with Crippen LogP contribution in [-0.2, 0) is 22.9 Å². The number of rotatable bonds is 2. The van der Waals surface area contributed by atoms with Gasteiger partial charge in [0.25, 0.3) is 0 Å². The Labute approximate surface area is 125 Å². The largest absolute Gasteiger partial charge is 0.243 e. The van der Waals surface area contributed by atoms with Crippen LogP contribution in [0.3, 0.4) is 0 Å². The second kappa shape index (κ2) is 4.82. The molecular formula is C17H19NO2S. The minimum Gasteiger partial charge on any atom is -0.207 e. The molecule has 1 aliphatic carbocycles. The minimum atomic E-state index is -3.33. The smallest absolute Gasteiger partial charge is 0.207 e. The summed E-state index contributed by atoms with van der Waals surface area (Å²) >= 11 is 0. The van der Waals surface area contributed by atoms with Crippen molar-refractivity contribution < 1.29 is 8.42 Å². The van der Waals surface area contributed by atoms with Crippen LogP contribution in [0.4, 0.5) is 0 Å². The average molecular weight is 301 g/mol. The summed E-state index contributed by atoms with van der Waals surface area (Å²) in [5.41, 5.74) is 2.33. The molecule has 2 aromatic rings. The highest BCUT2D eigenvalue weighted by molar-refractivity contribution is 7.89. The quantitative estimate of drug-likeness (QED) is 0.854. The highest BCUT2D eigenvalue weighted by atomic mass is 32.2. The lowest BCUT2D eigenvalue weighted by Crippen LogP contribution is -2.36. The Hall–Kier alpha value is -1.39. The molecule has 0 spiro atoms. The van der Waals surface area contributed by atoms with Crippen LogP contribution in [0.2, 0.25) is 0 Å². The van der Waals surface area contributed by atoms with Crippen molar-refractivity contribution in [1.82, 2.24) is 4.31 Å². The first-order chi connectivity index (χ1) is 10.2. The van der Waals surface area contributed by atoms with Crippen LogP contribution in [0.1, 0.15) is 30.4 Å². The van der Waals surface area contributed by atoms with Crippen LogP contribution in [0.25, 0.3) is 10.8 Å². The maximum atomic E-state index is 13.0. The minimum absolute atomic E-state index is 0.543. The molecule has 0 atom stereocenters. The Morgan fingerprint density at radius 3 is 2.52 bits per heavy atom. The van der Waals surface area contributed by atoms with E-state index in [1.165, 1.54) is 10.9 Å². The summed E-state index contributed by atoms with van der Waals surface area (Å²) in [4.78, 5) is 0.543. The molecule has 0 aromatic heterocycles. The average Bonchev–Trinajstić information content (AvgIpc) is 2.94. The van der Waals surface area contributed by atoms with Gasteiger partial charge in [0.1, 0.15) is 0 Å². The molecule has 0 bridgehead atoms. The first-order valence-corrected chi connectivity index (χ1v) is 9.15. The van der Waals surface area contributed by atoms with Crippen LogP contribution in [0.15, 0.2) is 35.2 Å². The zero-order valence-corrected chi connectivity index (χ0v) is 12.8. The Balaban J connectivity index is 1.89. The molecule has 0 radical (unpaired) electrons. The molecule has 3 nitrogen and oxygen atoms in total. The first-order valence-electron chi connectivity index (χ1n) is 7.71. The molecule has 21 heavy (non-hydrogen) atoms. The van der Waals surface area contributed by atoms with Gasteiger partial charge in [0.05, 0.1) is 4.90 Å². The standard InChI is InChI=1S/C17H19NO2S/c19-21(20,18-11-2-1-3-12-18)16-10-8-14-6-4-5-13-7-9-15(16)17(13)14/h4-6,8,10H,1-3,7,9,11-12H2. The van der Waals surface area contributed by atoms with E-state index in [2.05, 4.69) is 18.2 Å². The molecule has 0 saturated carbocycles. The highest BCUT2D eigenvalue weighted by Crippen LogP contribution is 2.36. The molecule has 2 aromatic carbocycles. The number of sulfonamides is 1. The fourth-order valence-corrected chi connectivity index (χ4v) is 5.49. The van der Waals surface area contributed by atoms with Crippen LogP contribution < -0.4 is 0 Å². The normalized spacial score (nSPS) is 19.2. The molecule has 1 aliphatic heterocycles. The first kappa shape index (κ1) is 13.3. The molecule has 110 valence electrons. The summed E-state index contributed by atoms with van der Waals surface area (Å²) in [7, 11) is -3.33. The molecule has 4 heteroatoms. The highest BCUT2D eigenvalue weighted by Gasteiger charge is 2.30. The van der Waals surface area contributed by atoms with Crippen molar-refractivity contribution in [3.63, 3.8) is 0 Å². The zero-order chi connectivity index (χ0) is 14.4. The van der Waals surface area contributed by atoms with Crippen molar-refractivity contribution in [2.75, 3.05) is 13.1 Å². The Morgan fingerprint density at radius 1 is 0.905 bits per heavy atom. The van der Waals surface area contributed by atoms with E-state index >= 15 is 0 Å². The Bertz CT molecular complexity index is 805. The number of aryl methyl sites for hydroxylation is 2. The molecule has 1 fully saturated rings. The summed E-state index contributed by atoms with van der Waals surface area (Å²) in [5.74, 6) is 0. The lowest BCUT2D eigenvalue weighted by atomic mass is 10.1. The summed E-state index contributed by atoms with van der Waals surface area (Å²) < 4.78 is 27.6. The van der Waals surface area contributed by atoms with Gasteiger partial charge in [-0.3, -0.25) is 0 Å². The molecule has 0 unspecified atom stereocenters. The van der Waals surface area contributed by atoms with Crippen molar-refractivity contribution in [2.24, 2.45) is 0 Å². The number of hydrogen-bond acceptors (Lipinski definition) is 2. The van der Waals surface area contributed by atoms with E-state index in [-0.39, 0.29) is 0 Å². The van der Waals surface area contributed by atoms with E-state index in [4.69, 9.17) is 0 Å². The maximum Gasteiger partial charge on any atom is 0.243 e. The van der Waals surface area contributed by atoms with E-state index in [9.17, 15) is 8.42 Å². The second-order valence-electron chi connectivity index (χ2n) is 6.02. The van der Waals surface area contributed by atoms with Gasteiger partial charge in [0.2, 0.25) is 10.0 Å². The molecule has 0 amide bonds. The van der Waals surface area contributed by atoms with Crippen LogP contribution in [0.5, 0.6) is 0 Å². The Kier molecular flexibility index (Phi) is 3.05.